The summed E-state index contributed by atoms with van der Waals surface area (Å²) in [5.74, 6) is 0.875. The lowest BCUT2D eigenvalue weighted by Crippen LogP contribution is -2.48. The molecule has 162 valence electrons. The smallest absolute Gasteiger partial charge is 0.193 e. The average Bonchev–Trinajstić information content (AvgIpc) is 3.28. The van der Waals surface area contributed by atoms with Gasteiger partial charge in [0.1, 0.15) is 0 Å². The van der Waals surface area contributed by atoms with Gasteiger partial charge >= 0.3 is 0 Å². The molecule has 0 aromatic carbocycles. The van der Waals surface area contributed by atoms with Gasteiger partial charge in [0.15, 0.2) is 5.96 Å². The Balaban J connectivity index is 0.00000300. The topological polar surface area (TPSA) is 45.0 Å². The molecule has 2 unspecified atom stereocenters. The van der Waals surface area contributed by atoms with E-state index in [9.17, 15) is 0 Å². The van der Waals surface area contributed by atoms with Gasteiger partial charge in [0.25, 0.3) is 0 Å². The molecule has 0 bridgehead atoms. The van der Waals surface area contributed by atoms with Crippen molar-refractivity contribution in [2.24, 2.45) is 12.0 Å². The fourth-order valence-corrected chi connectivity index (χ4v) is 4.77. The highest BCUT2D eigenvalue weighted by Gasteiger charge is 2.26. The van der Waals surface area contributed by atoms with Gasteiger partial charge in [-0.25, -0.2) is 0 Å². The summed E-state index contributed by atoms with van der Waals surface area (Å²) in [7, 11) is 5.89. The van der Waals surface area contributed by atoms with Crippen LogP contribution in [0.1, 0.15) is 23.5 Å². The van der Waals surface area contributed by atoms with Crippen molar-refractivity contribution < 1.29 is 4.74 Å². The first kappa shape index (κ1) is 24.5. The fourth-order valence-electron chi connectivity index (χ4n) is 3.63. The van der Waals surface area contributed by atoms with Crippen LogP contribution >= 0.6 is 46.9 Å². The quantitative estimate of drug-likeness (QED) is 0.337. The SMILES string of the molecule is CN=C(NCC(c1cccs1)N1CCOC(C)C1)N(C)Cc1cc(Cl)cn1C.I. The summed E-state index contributed by atoms with van der Waals surface area (Å²) in [4.78, 5) is 10.5. The van der Waals surface area contributed by atoms with Gasteiger partial charge in [-0.2, -0.15) is 0 Å². The monoisotopic (exact) mass is 551 g/mol. The molecule has 0 radical (unpaired) electrons. The number of thiophene rings is 1. The second-order valence-corrected chi connectivity index (χ2v) is 8.67. The van der Waals surface area contributed by atoms with Gasteiger partial charge in [-0.1, -0.05) is 17.7 Å². The maximum absolute atomic E-state index is 6.12. The van der Waals surface area contributed by atoms with Gasteiger partial charge in [-0.15, -0.1) is 35.3 Å². The fraction of sp³-hybridized carbons (Fsp3) is 0.550. The van der Waals surface area contributed by atoms with Crippen molar-refractivity contribution in [3.05, 3.63) is 45.4 Å². The summed E-state index contributed by atoms with van der Waals surface area (Å²) >= 11 is 7.93. The summed E-state index contributed by atoms with van der Waals surface area (Å²) in [6.07, 6.45) is 2.19. The van der Waals surface area contributed by atoms with Crippen LogP contribution in [-0.4, -0.2) is 66.8 Å². The number of aryl methyl sites for hydroxylation is 1. The molecule has 1 aliphatic heterocycles. The van der Waals surface area contributed by atoms with Crippen molar-refractivity contribution >= 4 is 52.9 Å². The van der Waals surface area contributed by atoms with E-state index in [1.54, 1.807) is 11.3 Å². The molecular weight excluding hydrogens is 521 g/mol. The van der Waals surface area contributed by atoms with Crippen LogP contribution in [0.4, 0.5) is 0 Å². The van der Waals surface area contributed by atoms with Crippen molar-refractivity contribution in [3.8, 4) is 0 Å². The molecule has 0 saturated carbocycles. The van der Waals surface area contributed by atoms with Crippen LogP contribution in [0.5, 0.6) is 0 Å². The molecule has 1 saturated heterocycles. The number of guanidine groups is 1. The van der Waals surface area contributed by atoms with Gasteiger partial charge in [0.2, 0.25) is 0 Å². The van der Waals surface area contributed by atoms with E-state index < -0.39 is 0 Å². The number of morpholine rings is 1. The lowest BCUT2D eigenvalue weighted by atomic mass is 10.1. The number of nitrogens with zero attached hydrogens (tertiary/aromatic N) is 4. The molecule has 0 aliphatic carbocycles. The minimum atomic E-state index is 0. The van der Waals surface area contributed by atoms with Crippen LogP contribution in [0.25, 0.3) is 0 Å². The van der Waals surface area contributed by atoms with E-state index in [4.69, 9.17) is 16.3 Å². The first-order valence-corrected chi connectivity index (χ1v) is 10.8. The molecule has 1 N–H and O–H groups in total. The van der Waals surface area contributed by atoms with Crippen LogP contribution in [0.15, 0.2) is 34.8 Å². The third-order valence-electron chi connectivity index (χ3n) is 5.09. The summed E-state index contributed by atoms with van der Waals surface area (Å²) in [6, 6.07) is 6.64. The van der Waals surface area contributed by atoms with Gasteiger partial charge < -0.3 is 19.5 Å². The van der Waals surface area contributed by atoms with Crippen LogP contribution in [0.2, 0.25) is 5.02 Å². The summed E-state index contributed by atoms with van der Waals surface area (Å²) in [5, 5.41) is 6.48. The lowest BCUT2D eigenvalue weighted by Gasteiger charge is -2.37. The number of hydrogen-bond acceptors (Lipinski definition) is 4. The highest BCUT2D eigenvalue weighted by atomic mass is 127. The number of nitrogens with one attached hydrogen (secondary N) is 1. The Morgan fingerprint density at radius 3 is 2.90 bits per heavy atom. The Morgan fingerprint density at radius 1 is 1.52 bits per heavy atom. The Labute approximate surface area is 199 Å². The molecule has 0 spiro atoms. The summed E-state index contributed by atoms with van der Waals surface area (Å²) in [5.41, 5.74) is 1.15. The van der Waals surface area contributed by atoms with Crippen molar-refractivity contribution in [1.29, 1.82) is 0 Å². The molecule has 9 heteroatoms. The molecule has 1 aliphatic rings. The van der Waals surface area contributed by atoms with Crippen molar-refractivity contribution in [3.63, 3.8) is 0 Å². The maximum Gasteiger partial charge on any atom is 0.193 e. The predicted octanol–water partition coefficient (Wildman–Crippen LogP) is 3.83. The zero-order chi connectivity index (χ0) is 20.1. The summed E-state index contributed by atoms with van der Waals surface area (Å²) in [6.45, 7) is 6.36. The lowest BCUT2D eigenvalue weighted by molar-refractivity contribution is -0.0334. The number of hydrogen-bond donors (Lipinski definition) is 1. The molecule has 3 heterocycles. The summed E-state index contributed by atoms with van der Waals surface area (Å²) < 4.78 is 7.79. The minimum Gasteiger partial charge on any atom is -0.376 e. The minimum absolute atomic E-state index is 0. The Hall–Kier alpha value is -0.810. The number of ether oxygens (including phenoxy) is 1. The van der Waals surface area contributed by atoms with Gasteiger partial charge in [-0.05, 0) is 24.4 Å². The van der Waals surface area contributed by atoms with Crippen LogP contribution in [-0.2, 0) is 18.3 Å². The maximum atomic E-state index is 6.12. The zero-order valence-electron chi connectivity index (χ0n) is 17.5. The van der Waals surface area contributed by atoms with E-state index in [0.29, 0.717) is 6.04 Å². The van der Waals surface area contributed by atoms with E-state index in [1.807, 2.05) is 33.4 Å². The molecule has 1 fully saturated rings. The molecular formula is C20H31ClIN5OS. The van der Waals surface area contributed by atoms with Gasteiger partial charge in [-0.3, -0.25) is 9.89 Å². The second kappa shape index (κ2) is 11.5. The largest absolute Gasteiger partial charge is 0.376 e. The zero-order valence-corrected chi connectivity index (χ0v) is 21.4. The molecule has 2 aromatic heterocycles. The van der Waals surface area contributed by atoms with E-state index in [1.165, 1.54) is 4.88 Å². The number of aromatic nitrogens is 1. The number of aliphatic imine (C=N–C) groups is 1. The van der Waals surface area contributed by atoms with Crippen molar-refractivity contribution in [2.45, 2.75) is 25.6 Å². The third-order valence-corrected chi connectivity index (χ3v) is 6.27. The highest BCUT2D eigenvalue weighted by Crippen LogP contribution is 2.26. The molecule has 0 amide bonds. The molecule has 29 heavy (non-hydrogen) atoms. The normalized spacial score (nSPS) is 18.9. The molecule has 2 aromatic rings. The van der Waals surface area contributed by atoms with Crippen LogP contribution in [0, 0.1) is 0 Å². The van der Waals surface area contributed by atoms with E-state index in [2.05, 4.69) is 49.1 Å². The molecule has 6 nitrogen and oxygen atoms in total. The number of rotatable bonds is 6. The van der Waals surface area contributed by atoms with Gasteiger partial charge in [0.05, 0.1) is 30.3 Å². The standard InChI is InChI=1S/C20H30ClN5OS.HI/c1-15-12-26(7-8-27-15)18(19-6-5-9-28-19)11-23-20(22-2)25(4)14-17-10-16(21)13-24(17)3;/h5-6,9-10,13,15,18H,7-8,11-12,14H2,1-4H3,(H,22,23);1H. The molecule has 3 rings (SSSR count). The Kier molecular flexibility index (Phi) is 9.74. The Bertz CT molecular complexity index is 782. The van der Waals surface area contributed by atoms with Crippen LogP contribution in [0.3, 0.4) is 0 Å². The highest BCUT2D eigenvalue weighted by molar-refractivity contribution is 14.0. The molecule has 2 atom stereocenters. The van der Waals surface area contributed by atoms with Gasteiger partial charge in [0, 0.05) is 57.5 Å². The van der Waals surface area contributed by atoms with Crippen molar-refractivity contribution in [2.75, 3.05) is 40.3 Å². The first-order valence-electron chi connectivity index (χ1n) is 9.59. The predicted molar refractivity (Wildman–Crippen MR) is 133 cm³/mol. The van der Waals surface area contributed by atoms with E-state index >= 15 is 0 Å². The van der Waals surface area contributed by atoms with E-state index in [-0.39, 0.29) is 30.1 Å². The second-order valence-electron chi connectivity index (χ2n) is 7.25. The van der Waals surface area contributed by atoms with Crippen molar-refractivity contribution in [1.82, 2.24) is 19.7 Å². The average molecular weight is 552 g/mol. The van der Waals surface area contributed by atoms with Crippen LogP contribution < -0.4 is 5.32 Å². The Morgan fingerprint density at radius 2 is 2.31 bits per heavy atom. The number of halogens is 2. The third kappa shape index (κ3) is 6.58. The first-order chi connectivity index (χ1) is 13.5. The van der Waals surface area contributed by atoms with E-state index in [0.717, 1.165) is 49.5 Å².